The molecular formula is C11H21NO3. The molecule has 1 atom stereocenters. The molecule has 1 saturated heterocycles. The largest absolute Gasteiger partial charge is 0.393 e. The quantitative estimate of drug-likeness (QED) is 0.716. The van der Waals surface area contributed by atoms with Crippen molar-refractivity contribution in [3.8, 4) is 0 Å². The van der Waals surface area contributed by atoms with E-state index in [1.807, 2.05) is 0 Å². The third-order valence-corrected chi connectivity index (χ3v) is 3.84. The van der Waals surface area contributed by atoms with Gasteiger partial charge in [-0.3, -0.25) is 0 Å². The Kier molecular flexibility index (Phi) is 3.03. The van der Waals surface area contributed by atoms with Gasteiger partial charge in [-0.25, -0.2) is 0 Å². The second-order valence-corrected chi connectivity index (χ2v) is 4.95. The molecule has 0 spiro atoms. The number of ether oxygens (including phenoxy) is 2. The summed E-state index contributed by atoms with van der Waals surface area (Å²) in [6.45, 7) is 1.30. The number of hydrogen-bond donors (Lipinski definition) is 2. The van der Waals surface area contributed by atoms with Crippen LogP contribution in [-0.2, 0) is 9.47 Å². The van der Waals surface area contributed by atoms with Crippen molar-refractivity contribution in [3.05, 3.63) is 0 Å². The molecule has 1 aliphatic heterocycles. The normalized spacial score (nSPS) is 46.2. The fourth-order valence-electron chi connectivity index (χ4n) is 2.89. The van der Waals surface area contributed by atoms with Crippen LogP contribution in [0.25, 0.3) is 0 Å². The molecule has 1 saturated carbocycles. The van der Waals surface area contributed by atoms with E-state index >= 15 is 0 Å². The molecule has 4 nitrogen and oxygen atoms in total. The number of aliphatic hydroxyl groups excluding tert-OH is 1. The molecule has 0 aromatic heterocycles. The van der Waals surface area contributed by atoms with Crippen molar-refractivity contribution in [2.24, 2.45) is 5.73 Å². The lowest BCUT2D eigenvalue weighted by molar-refractivity contribution is -0.194. The molecular weight excluding hydrogens is 194 g/mol. The first-order chi connectivity index (χ1) is 7.12. The Hall–Kier alpha value is -0.160. The maximum atomic E-state index is 9.42. The van der Waals surface area contributed by atoms with Crippen molar-refractivity contribution in [1.29, 1.82) is 0 Å². The lowest BCUT2D eigenvalue weighted by atomic mass is 9.62. The van der Waals surface area contributed by atoms with E-state index in [4.69, 9.17) is 15.2 Å². The zero-order valence-electron chi connectivity index (χ0n) is 9.37. The van der Waals surface area contributed by atoms with E-state index in [9.17, 15) is 5.11 Å². The number of methoxy groups -OCH3 is 1. The van der Waals surface area contributed by atoms with Gasteiger partial charge in [0.05, 0.1) is 18.2 Å². The van der Waals surface area contributed by atoms with Gasteiger partial charge in [-0.2, -0.15) is 0 Å². The van der Waals surface area contributed by atoms with Crippen molar-refractivity contribution in [2.75, 3.05) is 20.3 Å². The molecule has 88 valence electrons. The Morgan fingerprint density at radius 2 is 2.20 bits per heavy atom. The van der Waals surface area contributed by atoms with Gasteiger partial charge in [0.1, 0.15) is 5.60 Å². The summed E-state index contributed by atoms with van der Waals surface area (Å²) in [6.07, 6.45) is 4.20. The maximum Gasteiger partial charge on any atom is 0.109 e. The maximum absolute atomic E-state index is 9.42. The Morgan fingerprint density at radius 3 is 2.67 bits per heavy atom. The van der Waals surface area contributed by atoms with Gasteiger partial charge in [-0.1, -0.05) is 0 Å². The Bertz CT molecular complexity index is 214. The molecule has 0 aromatic rings. The van der Waals surface area contributed by atoms with Crippen LogP contribution in [0.4, 0.5) is 0 Å². The summed E-state index contributed by atoms with van der Waals surface area (Å²) in [5.74, 6) is 0. The van der Waals surface area contributed by atoms with Crippen molar-refractivity contribution < 1.29 is 14.6 Å². The molecule has 3 N–H and O–H groups in total. The minimum Gasteiger partial charge on any atom is -0.393 e. The molecule has 0 radical (unpaired) electrons. The lowest BCUT2D eigenvalue weighted by Crippen LogP contribution is -2.72. The van der Waals surface area contributed by atoms with Gasteiger partial charge in [-0.15, -0.1) is 0 Å². The van der Waals surface area contributed by atoms with Crippen molar-refractivity contribution in [2.45, 2.75) is 49.3 Å². The third-order valence-electron chi connectivity index (χ3n) is 3.84. The molecule has 0 bridgehead atoms. The van der Waals surface area contributed by atoms with Crippen LogP contribution in [0, 0.1) is 0 Å². The second kappa shape index (κ2) is 4.01. The molecule has 1 heterocycles. The van der Waals surface area contributed by atoms with E-state index in [0.29, 0.717) is 19.4 Å². The van der Waals surface area contributed by atoms with Gasteiger partial charge in [-0.05, 0) is 32.1 Å². The fourth-order valence-corrected chi connectivity index (χ4v) is 2.89. The summed E-state index contributed by atoms with van der Waals surface area (Å²) in [4.78, 5) is 0. The summed E-state index contributed by atoms with van der Waals surface area (Å²) < 4.78 is 11.2. The van der Waals surface area contributed by atoms with Crippen LogP contribution in [0.5, 0.6) is 0 Å². The molecule has 4 heteroatoms. The molecule has 0 amide bonds. The van der Waals surface area contributed by atoms with Gasteiger partial charge < -0.3 is 20.3 Å². The van der Waals surface area contributed by atoms with Gasteiger partial charge in [0.15, 0.2) is 0 Å². The zero-order chi connectivity index (χ0) is 10.9. The number of aliphatic hydroxyl groups is 1. The van der Waals surface area contributed by atoms with Gasteiger partial charge in [0.25, 0.3) is 0 Å². The first kappa shape index (κ1) is 11.3. The summed E-state index contributed by atoms with van der Waals surface area (Å²) >= 11 is 0. The van der Waals surface area contributed by atoms with E-state index in [-0.39, 0.29) is 17.2 Å². The monoisotopic (exact) mass is 215 g/mol. The SMILES string of the molecule is COCC1(C2(N)CC(O)C2)CCCCO1. The molecule has 0 aromatic carbocycles. The van der Waals surface area contributed by atoms with E-state index < -0.39 is 0 Å². The highest BCUT2D eigenvalue weighted by atomic mass is 16.5. The molecule has 2 aliphatic rings. The Labute approximate surface area is 90.7 Å². The second-order valence-electron chi connectivity index (χ2n) is 4.95. The smallest absolute Gasteiger partial charge is 0.109 e. The number of nitrogens with two attached hydrogens (primary N) is 1. The molecule has 2 rings (SSSR count). The minimum atomic E-state index is -0.386. The first-order valence-corrected chi connectivity index (χ1v) is 5.72. The van der Waals surface area contributed by atoms with Crippen molar-refractivity contribution in [1.82, 2.24) is 0 Å². The van der Waals surface area contributed by atoms with E-state index in [1.165, 1.54) is 0 Å². The van der Waals surface area contributed by atoms with Crippen LogP contribution in [-0.4, -0.2) is 42.7 Å². The van der Waals surface area contributed by atoms with E-state index in [0.717, 1.165) is 25.9 Å². The first-order valence-electron chi connectivity index (χ1n) is 5.72. The third kappa shape index (κ3) is 1.80. The topological polar surface area (TPSA) is 64.7 Å². The van der Waals surface area contributed by atoms with Gasteiger partial charge in [0.2, 0.25) is 0 Å². The minimum absolute atomic E-state index is 0.255. The standard InChI is InChI=1S/C11H21NO3/c1-14-8-11(4-2-3-5-15-11)10(12)6-9(13)7-10/h9,13H,2-8,12H2,1H3. The highest BCUT2D eigenvalue weighted by molar-refractivity contribution is 5.13. The average molecular weight is 215 g/mol. The summed E-state index contributed by atoms with van der Waals surface area (Å²) in [5.41, 5.74) is 5.58. The van der Waals surface area contributed by atoms with Crippen molar-refractivity contribution in [3.63, 3.8) is 0 Å². The van der Waals surface area contributed by atoms with Crippen LogP contribution >= 0.6 is 0 Å². The van der Waals surface area contributed by atoms with Gasteiger partial charge >= 0.3 is 0 Å². The predicted molar refractivity (Wildman–Crippen MR) is 56.6 cm³/mol. The molecule has 1 unspecified atom stereocenters. The molecule has 15 heavy (non-hydrogen) atoms. The fraction of sp³-hybridized carbons (Fsp3) is 1.00. The van der Waals surface area contributed by atoms with E-state index in [2.05, 4.69) is 0 Å². The van der Waals surface area contributed by atoms with Crippen LogP contribution in [0.15, 0.2) is 0 Å². The summed E-state index contributed by atoms with van der Waals surface area (Å²) in [6, 6.07) is 0. The number of hydrogen-bond acceptors (Lipinski definition) is 4. The average Bonchev–Trinajstić information content (AvgIpc) is 2.17. The van der Waals surface area contributed by atoms with Crippen LogP contribution in [0.1, 0.15) is 32.1 Å². The van der Waals surface area contributed by atoms with Crippen LogP contribution < -0.4 is 5.73 Å². The number of rotatable bonds is 3. The zero-order valence-corrected chi connectivity index (χ0v) is 9.37. The predicted octanol–water partition coefficient (Wildman–Crippen LogP) is 0.424. The van der Waals surface area contributed by atoms with Gasteiger partial charge in [0, 0.05) is 13.7 Å². The summed E-state index contributed by atoms with van der Waals surface area (Å²) in [5, 5.41) is 9.42. The molecule has 1 aliphatic carbocycles. The molecule has 2 fully saturated rings. The Balaban J connectivity index is 2.10. The highest BCUT2D eigenvalue weighted by Crippen LogP contribution is 2.45. The lowest BCUT2D eigenvalue weighted by Gasteiger charge is -2.56. The van der Waals surface area contributed by atoms with Crippen LogP contribution in [0.2, 0.25) is 0 Å². The highest BCUT2D eigenvalue weighted by Gasteiger charge is 2.57. The Morgan fingerprint density at radius 1 is 1.47 bits per heavy atom. The van der Waals surface area contributed by atoms with E-state index in [1.54, 1.807) is 7.11 Å². The van der Waals surface area contributed by atoms with Crippen molar-refractivity contribution >= 4 is 0 Å². The summed E-state index contributed by atoms with van der Waals surface area (Å²) in [7, 11) is 1.68. The van der Waals surface area contributed by atoms with Crippen LogP contribution in [0.3, 0.4) is 0 Å².